The quantitative estimate of drug-likeness (QED) is 0.458. The van der Waals surface area contributed by atoms with Gasteiger partial charge in [0.15, 0.2) is 5.96 Å². The Labute approximate surface area is 156 Å². The molecular formula is C19H32N6O. The van der Waals surface area contributed by atoms with Crippen molar-refractivity contribution in [3.63, 3.8) is 0 Å². The third-order valence-electron chi connectivity index (χ3n) is 5.39. The number of amides is 1. The van der Waals surface area contributed by atoms with Gasteiger partial charge in [0.05, 0.1) is 6.20 Å². The summed E-state index contributed by atoms with van der Waals surface area (Å²) in [5, 5.41) is 11.1. The van der Waals surface area contributed by atoms with Gasteiger partial charge in [-0.15, -0.1) is 0 Å². The van der Waals surface area contributed by atoms with Gasteiger partial charge < -0.3 is 15.5 Å². The standard InChI is InChI=1S/C19H32N6O/c1-15-12-22-25(13-15)10-5-9-21-19(20-2)23-17-8-11-24(14-17)18(26)16-6-3-4-7-16/h12-13,16-17H,3-11,14H2,1-2H3,(H2,20,21,23). The van der Waals surface area contributed by atoms with Crippen LogP contribution in [0.5, 0.6) is 0 Å². The molecule has 2 aliphatic rings. The lowest BCUT2D eigenvalue weighted by Crippen LogP contribution is -2.45. The fourth-order valence-corrected chi connectivity index (χ4v) is 3.93. The van der Waals surface area contributed by atoms with Gasteiger partial charge in [0.2, 0.25) is 5.91 Å². The lowest BCUT2D eigenvalue weighted by atomic mass is 10.1. The summed E-state index contributed by atoms with van der Waals surface area (Å²) >= 11 is 0. The van der Waals surface area contributed by atoms with E-state index >= 15 is 0 Å². The molecule has 2 N–H and O–H groups in total. The second-order valence-corrected chi connectivity index (χ2v) is 7.53. The number of hydrogen-bond donors (Lipinski definition) is 2. The molecule has 1 atom stereocenters. The lowest BCUT2D eigenvalue weighted by molar-refractivity contribution is -0.134. The lowest BCUT2D eigenvalue weighted by Gasteiger charge is -2.21. The number of aryl methyl sites for hydroxylation is 2. The van der Waals surface area contributed by atoms with Crippen molar-refractivity contribution in [1.82, 2.24) is 25.3 Å². The van der Waals surface area contributed by atoms with Crippen LogP contribution < -0.4 is 10.6 Å². The van der Waals surface area contributed by atoms with Crippen LogP contribution in [-0.4, -0.2) is 59.3 Å². The van der Waals surface area contributed by atoms with Crippen molar-refractivity contribution in [2.45, 2.75) is 58.0 Å². The molecule has 7 heteroatoms. The van der Waals surface area contributed by atoms with Gasteiger partial charge in [0, 0.05) is 51.4 Å². The molecule has 0 aromatic carbocycles. The van der Waals surface area contributed by atoms with E-state index in [9.17, 15) is 4.79 Å². The maximum atomic E-state index is 12.5. The average molecular weight is 361 g/mol. The Morgan fingerprint density at radius 3 is 2.85 bits per heavy atom. The summed E-state index contributed by atoms with van der Waals surface area (Å²) < 4.78 is 1.97. The van der Waals surface area contributed by atoms with Gasteiger partial charge in [-0.25, -0.2) is 0 Å². The second kappa shape index (κ2) is 9.05. The largest absolute Gasteiger partial charge is 0.356 e. The number of carbonyl (C=O) groups excluding carboxylic acids is 1. The first-order chi connectivity index (χ1) is 12.7. The van der Waals surface area contributed by atoms with Crippen molar-refractivity contribution in [2.75, 3.05) is 26.7 Å². The Hall–Kier alpha value is -2.05. The summed E-state index contributed by atoms with van der Waals surface area (Å²) in [7, 11) is 1.79. The Morgan fingerprint density at radius 2 is 2.15 bits per heavy atom. The molecule has 1 saturated heterocycles. The van der Waals surface area contributed by atoms with Gasteiger partial charge in [-0.05, 0) is 38.2 Å². The molecule has 144 valence electrons. The monoisotopic (exact) mass is 360 g/mol. The number of guanidine groups is 1. The van der Waals surface area contributed by atoms with E-state index in [2.05, 4.69) is 33.8 Å². The first-order valence-electron chi connectivity index (χ1n) is 9.90. The zero-order valence-electron chi connectivity index (χ0n) is 16.1. The molecule has 0 bridgehead atoms. The van der Waals surface area contributed by atoms with E-state index in [-0.39, 0.29) is 5.92 Å². The summed E-state index contributed by atoms with van der Waals surface area (Å²) in [5.74, 6) is 1.46. The molecule has 0 spiro atoms. The van der Waals surface area contributed by atoms with Crippen LogP contribution in [0.1, 0.15) is 44.1 Å². The molecule has 1 amide bonds. The predicted molar refractivity (Wildman–Crippen MR) is 103 cm³/mol. The molecule has 3 rings (SSSR count). The molecule has 2 heterocycles. The minimum absolute atomic E-state index is 0.275. The average Bonchev–Trinajstić information content (AvgIpc) is 3.39. The highest BCUT2D eigenvalue weighted by atomic mass is 16.2. The van der Waals surface area contributed by atoms with Crippen molar-refractivity contribution >= 4 is 11.9 Å². The van der Waals surface area contributed by atoms with Crippen molar-refractivity contribution in [3.8, 4) is 0 Å². The van der Waals surface area contributed by atoms with Crippen molar-refractivity contribution in [1.29, 1.82) is 0 Å². The molecule has 7 nitrogen and oxygen atoms in total. The van der Waals surface area contributed by atoms with Gasteiger partial charge in [-0.3, -0.25) is 14.5 Å². The minimum atomic E-state index is 0.275. The number of likely N-dealkylation sites (tertiary alicyclic amines) is 1. The molecular weight excluding hydrogens is 328 g/mol. The number of rotatable bonds is 6. The Balaban J connectivity index is 1.36. The summed E-state index contributed by atoms with van der Waals surface area (Å²) in [5.41, 5.74) is 1.19. The summed E-state index contributed by atoms with van der Waals surface area (Å²) in [6, 6.07) is 0.292. The molecule has 1 saturated carbocycles. The van der Waals surface area contributed by atoms with Gasteiger partial charge in [-0.1, -0.05) is 12.8 Å². The zero-order valence-corrected chi connectivity index (χ0v) is 16.1. The number of nitrogens with one attached hydrogen (secondary N) is 2. The Bertz CT molecular complexity index is 619. The number of aromatic nitrogens is 2. The van der Waals surface area contributed by atoms with E-state index < -0.39 is 0 Å². The van der Waals surface area contributed by atoms with Gasteiger partial charge in [-0.2, -0.15) is 5.10 Å². The molecule has 1 aliphatic heterocycles. The molecule has 1 unspecified atom stereocenters. The second-order valence-electron chi connectivity index (χ2n) is 7.53. The Kier molecular flexibility index (Phi) is 6.52. The van der Waals surface area contributed by atoms with E-state index in [0.717, 1.165) is 57.8 Å². The summed E-state index contributed by atoms with van der Waals surface area (Å²) in [6.07, 6.45) is 10.5. The highest BCUT2D eigenvalue weighted by Crippen LogP contribution is 2.27. The first kappa shape index (κ1) is 18.7. The highest BCUT2D eigenvalue weighted by molar-refractivity contribution is 5.81. The van der Waals surface area contributed by atoms with Crippen molar-refractivity contribution in [2.24, 2.45) is 10.9 Å². The topological polar surface area (TPSA) is 74.6 Å². The van der Waals surface area contributed by atoms with Crippen molar-refractivity contribution < 1.29 is 4.79 Å². The van der Waals surface area contributed by atoms with Crippen molar-refractivity contribution in [3.05, 3.63) is 18.0 Å². The molecule has 2 fully saturated rings. The van der Waals surface area contributed by atoms with E-state index in [1.165, 1.54) is 18.4 Å². The number of hydrogen-bond acceptors (Lipinski definition) is 3. The fraction of sp³-hybridized carbons (Fsp3) is 0.737. The maximum Gasteiger partial charge on any atom is 0.225 e. The SMILES string of the molecule is CN=C(NCCCn1cc(C)cn1)NC1CCN(C(=O)C2CCCC2)C1. The van der Waals surface area contributed by atoms with Gasteiger partial charge in [0.1, 0.15) is 0 Å². The maximum absolute atomic E-state index is 12.5. The molecule has 1 aliphatic carbocycles. The fourth-order valence-electron chi connectivity index (χ4n) is 3.93. The molecule has 1 aromatic heterocycles. The van der Waals surface area contributed by atoms with Crippen LogP contribution in [0.15, 0.2) is 17.4 Å². The van der Waals surface area contributed by atoms with Crippen LogP contribution in [0.3, 0.4) is 0 Å². The predicted octanol–water partition coefficient (Wildman–Crippen LogP) is 1.54. The van der Waals surface area contributed by atoms with Gasteiger partial charge in [0.25, 0.3) is 0 Å². The molecule has 1 aromatic rings. The minimum Gasteiger partial charge on any atom is -0.356 e. The number of aliphatic imine (C=N–C) groups is 1. The Morgan fingerprint density at radius 1 is 1.35 bits per heavy atom. The van der Waals surface area contributed by atoms with Crippen LogP contribution in [0.4, 0.5) is 0 Å². The normalized spacial score (nSPS) is 21.4. The van der Waals surface area contributed by atoms with E-state index in [1.807, 2.05) is 15.8 Å². The smallest absolute Gasteiger partial charge is 0.225 e. The third-order valence-corrected chi connectivity index (χ3v) is 5.39. The zero-order chi connectivity index (χ0) is 18.4. The van der Waals surface area contributed by atoms with Crippen LogP contribution in [0.25, 0.3) is 0 Å². The van der Waals surface area contributed by atoms with Crippen LogP contribution >= 0.6 is 0 Å². The van der Waals surface area contributed by atoms with Crippen LogP contribution in [0.2, 0.25) is 0 Å². The first-order valence-corrected chi connectivity index (χ1v) is 9.90. The molecule has 26 heavy (non-hydrogen) atoms. The third kappa shape index (κ3) is 4.99. The highest BCUT2D eigenvalue weighted by Gasteiger charge is 2.32. The summed E-state index contributed by atoms with van der Waals surface area (Å²) in [4.78, 5) is 18.9. The van der Waals surface area contributed by atoms with E-state index in [1.54, 1.807) is 7.05 Å². The van der Waals surface area contributed by atoms with E-state index in [0.29, 0.717) is 11.9 Å². The van der Waals surface area contributed by atoms with Crippen LogP contribution in [-0.2, 0) is 11.3 Å². The van der Waals surface area contributed by atoms with Crippen LogP contribution in [0, 0.1) is 12.8 Å². The van der Waals surface area contributed by atoms with Gasteiger partial charge >= 0.3 is 0 Å². The molecule has 0 radical (unpaired) electrons. The van der Waals surface area contributed by atoms with E-state index in [4.69, 9.17) is 0 Å². The number of carbonyl (C=O) groups is 1. The number of nitrogens with zero attached hydrogens (tertiary/aromatic N) is 4. The summed E-state index contributed by atoms with van der Waals surface area (Å²) in [6.45, 7) is 5.45.